The third-order valence-corrected chi connectivity index (χ3v) is 5.68. The number of carbonyl (C=O) groups excluding carboxylic acids is 3. The lowest BCUT2D eigenvalue weighted by Gasteiger charge is -2.22. The molecule has 0 aromatic heterocycles. The van der Waals surface area contributed by atoms with Crippen LogP contribution < -0.4 is 15.4 Å². The monoisotopic (exact) mass is 487 g/mol. The van der Waals surface area contributed by atoms with Crippen LogP contribution in [0.5, 0.6) is 5.75 Å². The number of carbonyl (C=O) groups is 3. The van der Waals surface area contributed by atoms with E-state index in [4.69, 9.17) is 4.74 Å². The van der Waals surface area contributed by atoms with Crippen LogP contribution in [0.2, 0.25) is 0 Å². The molecular weight excluding hydrogens is 454 g/mol. The summed E-state index contributed by atoms with van der Waals surface area (Å²) in [7, 11) is 1.57. The average Bonchev–Trinajstić information content (AvgIpc) is 2.91. The summed E-state index contributed by atoms with van der Waals surface area (Å²) in [6.45, 7) is 2.06. The zero-order chi connectivity index (χ0) is 25.8. The lowest BCUT2D eigenvalue weighted by atomic mass is 10.1. The SMILES string of the molecule is CCCCc1ccc(C(=O)N(CC(=O)NCC(=O)Nc2ccc(OC)cc2)Cc2ccccc2)cc1. The van der Waals surface area contributed by atoms with E-state index in [0.29, 0.717) is 17.0 Å². The van der Waals surface area contributed by atoms with E-state index in [-0.39, 0.29) is 31.4 Å². The van der Waals surface area contributed by atoms with Gasteiger partial charge < -0.3 is 20.3 Å². The first-order valence-corrected chi connectivity index (χ1v) is 12.1. The number of methoxy groups -OCH3 is 1. The zero-order valence-corrected chi connectivity index (χ0v) is 20.8. The van der Waals surface area contributed by atoms with Crippen LogP contribution in [0.15, 0.2) is 78.9 Å². The molecule has 0 saturated heterocycles. The predicted molar refractivity (Wildman–Crippen MR) is 141 cm³/mol. The van der Waals surface area contributed by atoms with Crippen LogP contribution in [0, 0.1) is 0 Å². The number of benzene rings is 3. The molecular formula is C29H33N3O4. The molecule has 0 aliphatic heterocycles. The van der Waals surface area contributed by atoms with Crippen molar-refractivity contribution in [3.8, 4) is 5.75 Å². The number of rotatable bonds is 12. The van der Waals surface area contributed by atoms with Gasteiger partial charge in [-0.3, -0.25) is 14.4 Å². The molecule has 0 saturated carbocycles. The van der Waals surface area contributed by atoms with E-state index >= 15 is 0 Å². The Morgan fingerprint density at radius 3 is 2.17 bits per heavy atom. The Kier molecular flexibility index (Phi) is 10.1. The van der Waals surface area contributed by atoms with Crippen molar-refractivity contribution in [2.75, 3.05) is 25.5 Å². The van der Waals surface area contributed by atoms with E-state index < -0.39 is 5.91 Å². The molecule has 0 atom stereocenters. The molecule has 0 unspecified atom stereocenters. The zero-order valence-electron chi connectivity index (χ0n) is 20.8. The summed E-state index contributed by atoms with van der Waals surface area (Å²) < 4.78 is 5.10. The molecule has 0 aliphatic rings. The van der Waals surface area contributed by atoms with E-state index in [1.165, 1.54) is 10.5 Å². The Labute approximate surface area is 212 Å². The molecule has 3 aromatic rings. The van der Waals surface area contributed by atoms with Crippen LogP contribution in [0.25, 0.3) is 0 Å². The molecule has 36 heavy (non-hydrogen) atoms. The molecule has 0 spiro atoms. The molecule has 0 heterocycles. The third kappa shape index (κ3) is 8.27. The van der Waals surface area contributed by atoms with Gasteiger partial charge in [-0.05, 0) is 60.4 Å². The van der Waals surface area contributed by atoms with Gasteiger partial charge in [0.25, 0.3) is 5.91 Å². The Balaban J connectivity index is 1.61. The van der Waals surface area contributed by atoms with Gasteiger partial charge in [-0.15, -0.1) is 0 Å². The van der Waals surface area contributed by atoms with Gasteiger partial charge in [0, 0.05) is 17.8 Å². The van der Waals surface area contributed by atoms with Crippen LogP contribution in [-0.4, -0.2) is 42.8 Å². The number of amides is 3. The van der Waals surface area contributed by atoms with Gasteiger partial charge in [-0.1, -0.05) is 55.8 Å². The second kappa shape index (κ2) is 13.7. The molecule has 188 valence electrons. The second-order valence-electron chi connectivity index (χ2n) is 8.50. The number of hydrogen-bond donors (Lipinski definition) is 2. The summed E-state index contributed by atoms with van der Waals surface area (Å²) in [5.41, 5.74) is 3.22. The summed E-state index contributed by atoms with van der Waals surface area (Å²) in [6, 6.07) is 24.0. The maximum Gasteiger partial charge on any atom is 0.254 e. The highest BCUT2D eigenvalue weighted by Crippen LogP contribution is 2.15. The van der Waals surface area contributed by atoms with Crippen molar-refractivity contribution in [3.05, 3.63) is 95.6 Å². The predicted octanol–water partition coefficient (Wildman–Crippen LogP) is 4.44. The van der Waals surface area contributed by atoms with Crippen LogP contribution in [0.4, 0.5) is 5.69 Å². The molecule has 3 rings (SSSR count). The average molecular weight is 488 g/mol. The topological polar surface area (TPSA) is 87.7 Å². The smallest absolute Gasteiger partial charge is 0.254 e. The molecule has 3 aromatic carbocycles. The Hall–Kier alpha value is -4.13. The summed E-state index contributed by atoms with van der Waals surface area (Å²) >= 11 is 0. The van der Waals surface area contributed by atoms with Crippen molar-refractivity contribution >= 4 is 23.4 Å². The molecule has 7 nitrogen and oxygen atoms in total. The first-order chi connectivity index (χ1) is 17.5. The first-order valence-electron chi connectivity index (χ1n) is 12.1. The van der Waals surface area contributed by atoms with E-state index in [9.17, 15) is 14.4 Å². The van der Waals surface area contributed by atoms with Crippen molar-refractivity contribution in [2.24, 2.45) is 0 Å². The summed E-state index contributed by atoms with van der Waals surface area (Å²) in [4.78, 5) is 39.8. The number of nitrogens with zero attached hydrogens (tertiary/aromatic N) is 1. The minimum Gasteiger partial charge on any atom is -0.497 e. The fourth-order valence-corrected chi connectivity index (χ4v) is 3.67. The highest BCUT2D eigenvalue weighted by Gasteiger charge is 2.20. The fraction of sp³-hybridized carbons (Fsp3) is 0.276. The fourth-order valence-electron chi connectivity index (χ4n) is 3.67. The van der Waals surface area contributed by atoms with E-state index in [1.807, 2.05) is 54.6 Å². The molecule has 0 aliphatic carbocycles. The first kappa shape index (κ1) is 26.5. The molecule has 3 amide bonds. The van der Waals surface area contributed by atoms with Crippen molar-refractivity contribution in [1.82, 2.24) is 10.2 Å². The van der Waals surface area contributed by atoms with Gasteiger partial charge in [0.1, 0.15) is 12.3 Å². The molecule has 2 N–H and O–H groups in total. The van der Waals surface area contributed by atoms with Gasteiger partial charge in [0.15, 0.2) is 0 Å². The van der Waals surface area contributed by atoms with Crippen LogP contribution in [-0.2, 0) is 22.6 Å². The Morgan fingerprint density at radius 1 is 0.833 bits per heavy atom. The lowest BCUT2D eigenvalue weighted by molar-refractivity contribution is -0.124. The summed E-state index contributed by atoms with van der Waals surface area (Å²) in [5.74, 6) is -0.334. The number of aryl methyl sites for hydroxylation is 1. The highest BCUT2D eigenvalue weighted by atomic mass is 16.5. The number of unbranched alkanes of at least 4 members (excludes halogenated alkanes) is 1. The van der Waals surface area contributed by atoms with E-state index in [0.717, 1.165) is 24.8 Å². The van der Waals surface area contributed by atoms with Crippen LogP contribution in [0.1, 0.15) is 41.3 Å². The van der Waals surface area contributed by atoms with Gasteiger partial charge in [0.2, 0.25) is 11.8 Å². The molecule has 0 radical (unpaired) electrons. The Bertz CT molecular complexity index is 1130. The number of anilines is 1. The van der Waals surface area contributed by atoms with Crippen LogP contribution >= 0.6 is 0 Å². The quantitative estimate of drug-likeness (QED) is 0.396. The minimum absolute atomic E-state index is 0.166. The molecule has 0 fully saturated rings. The third-order valence-electron chi connectivity index (χ3n) is 5.68. The van der Waals surface area contributed by atoms with Gasteiger partial charge >= 0.3 is 0 Å². The minimum atomic E-state index is -0.413. The van der Waals surface area contributed by atoms with Gasteiger partial charge in [-0.25, -0.2) is 0 Å². The van der Waals surface area contributed by atoms with Crippen molar-refractivity contribution < 1.29 is 19.1 Å². The maximum absolute atomic E-state index is 13.3. The van der Waals surface area contributed by atoms with Crippen molar-refractivity contribution in [2.45, 2.75) is 32.7 Å². The lowest BCUT2D eigenvalue weighted by Crippen LogP contribution is -2.42. The second-order valence-corrected chi connectivity index (χ2v) is 8.50. The Morgan fingerprint density at radius 2 is 1.53 bits per heavy atom. The van der Waals surface area contributed by atoms with E-state index in [2.05, 4.69) is 17.6 Å². The molecule has 0 bridgehead atoms. The number of ether oxygens (including phenoxy) is 1. The number of nitrogens with one attached hydrogen (secondary N) is 2. The maximum atomic E-state index is 13.3. The number of hydrogen-bond acceptors (Lipinski definition) is 4. The van der Waals surface area contributed by atoms with Gasteiger partial charge in [0.05, 0.1) is 13.7 Å². The van der Waals surface area contributed by atoms with Crippen molar-refractivity contribution in [3.63, 3.8) is 0 Å². The van der Waals surface area contributed by atoms with E-state index in [1.54, 1.807) is 31.4 Å². The molecule has 7 heteroatoms. The van der Waals surface area contributed by atoms with Gasteiger partial charge in [-0.2, -0.15) is 0 Å². The summed E-state index contributed by atoms with van der Waals surface area (Å²) in [5, 5.41) is 5.33. The normalized spacial score (nSPS) is 10.4. The largest absolute Gasteiger partial charge is 0.497 e. The van der Waals surface area contributed by atoms with Crippen molar-refractivity contribution in [1.29, 1.82) is 0 Å². The highest BCUT2D eigenvalue weighted by molar-refractivity contribution is 5.98. The standard InChI is InChI=1S/C29H33N3O4/c1-3-4-8-22-11-13-24(14-12-22)29(35)32(20-23-9-6-5-7-10-23)21-28(34)30-19-27(33)31-25-15-17-26(36-2)18-16-25/h5-7,9-18H,3-4,8,19-21H2,1-2H3,(H,30,34)(H,31,33). The van der Waals surface area contributed by atoms with Crippen LogP contribution in [0.3, 0.4) is 0 Å². The summed E-state index contributed by atoms with van der Waals surface area (Å²) in [6.07, 6.45) is 3.18.